The summed E-state index contributed by atoms with van der Waals surface area (Å²) in [6, 6.07) is 1.21. The van der Waals surface area contributed by atoms with Gasteiger partial charge in [-0.3, -0.25) is 28.7 Å². The third kappa shape index (κ3) is 4.76. The zero-order valence-corrected chi connectivity index (χ0v) is 15.1. The van der Waals surface area contributed by atoms with Crippen molar-refractivity contribution in [2.24, 2.45) is 0 Å². The van der Waals surface area contributed by atoms with Crippen LogP contribution in [0.15, 0.2) is 17.1 Å². The molecule has 1 saturated heterocycles. The molecule has 0 radical (unpaired) electrons. The number of hydrogen-bond donors (Lipinski definition) is 1. The predicted molar refractivity (Wildman–Crippen MR) is 87.5 cm³/mol. The highest BCUT2D eigenvalue weighted by Gasteiger charge is 2.50. The third-order valence-corrected chi connectivity index (χ3v) is 3.78. The van der Waals surface area contributed by atoms with Crippen LogP contribution < -0.4 is 5.56 Å². The van der Waals surface area contributed by atoms with Gasteiger partial charge < -0.3 is 18.9 Å². The van der Waals surface area contributed by atoms with Gasteiger partial charge >= 0.3 is 17.9 Å². The zero-order valence-electron chi connectivity index (χ0n) is 14.3. The Labute approximate surface area is 153 Å². The van der Waals surface area contributed by atoms with Gasteiger partial charge in [-0.05, 0) is 12.2 Å². The number of nitrogens with one attached hydrogen (secondary N) is 1. The van der Waals surface area contributed by atoms with Crippen molar-refractivity contribution < 1.29 is 33.3 Å². The smallest absolute Gasteiger partial charge is 0.303 e. The molecule has 1 aromatic heterocycles. The van der Waals surface area contributed by atoms with Crippen LogP contribution in [0.2, 0.25) is 0 Å². The van der Waals surface area contributed by atoms with Crippen molar-refractivity contribution in [3.05, 3.63) is 27.4 Å². The fourth-order valence-electron chi connectivity index (χ4n) is 2.54. The predicted octanol–water partition coefficient (Wildman–Crippen LogP) is 0.230. The number of aromatic amines is 1. The number of H-pyrrole nitrogens is 1. The first-order valence-corrected chi connectivity index (χ1v) is 8.04. The molecule has 1 fully saturated rings. The van der Waals surface area contributed by atoms with Gasteiger partial charge in [-0.15, -0.1) is 0 Å². The van der Waals surface area contributed by atoms with Gasteiger partial charge in [0.2, 0.25) is 0 Å². The summed E-state index contributed by atoms with van der Waals surface area (Å²) in [6.45, 7) is 3.37. The molecule has 1 N–H and O–H groups in total. The Balaban J connectivity index is 2.41. The molecule has 0 saturated carbocycles. The molecular weight excluding hydrogens is 368 g/mol. The van der Waals surface area contributed by atoms with Gasteiger partial charge in [0.25, 0.3) is 5.56 Å². The van der Waals surface area contributed by atoms with Crippen LogP contribution in [0.3, 0.4) is 0 Å². The van der Waals surface area contributed by atoms with Crippen molar-refractivity contribution in [1.29, 1.82) is 0 Å². The number of rotatable bonds is 5. The minimum absolute atomic E-state index is 0.0226. The lowest BCUT2D eigenvalue weighted by Gasteiger charge is -2.24. The molecule has 1 aliphatic heterocycles. The molecule has 0 aliphatic carbocycles. The Hall–Kier alpha value is -2.53. The molecule has 4 atom stereocenters. The lowest BCUT2D eigenvalue weighted by molar-refractivity contribution is -0.166. The second-order valence-electron chi connectivity index (χ2n) is 5.53. The summed E-state index contributed by atoms with van der Waals surface area (Å²) in [7, 11) is 0. The molecule has 26 heavy (non-hydrogen) atoms. The van der Waals surface area contributed by atoms with Crippen molar-refractivity contribution in [3.63, 3.8) is 0 Å². The third-order valence-electron chi connectivity index (χ3n) is 3.47. The minimum Gasteiger partial charge on any atom is -0.463 e. The monoisotopic (exact) mass is 386 g/mol. The molecular formula is C15H18N2O8S. The van der Waals surface area contributed by atoms with Gasteiger partial charge in [-0.2, -0.15) is 0 Å². The van der Waals surface area contributed by atoms with Crippen LogP contribution in [-0.4, -0.2) is 52.4 Å². The number of carbonyl (C=O) groups is 3. The fraction of sp³-hybridized carbons (Fsp3) is 0.533. The fourth-order valence-corrected chi connectivity index (χ4v) is 2.81. The zero-order chi connectivity index (χ0) is 19.4. The Bertz CT molecular complexity index is 816. The Kier molecular flexibility index (Phi) is 6.27. The second-order valence-corrected chi connectivity index (χ2v) is 5.92. The molecule has 0 amide bonds. The molecule has 0 bridgehead atoms. The topological polar surface area (TPSA) is 126 Å². The van der Waals surface area contributed by atoms with Crippen LogP contribution in [-0.2, 0) is 33.3 Å². The summed E-state index contributed by atoms with van der Waals surface area (Å²) in [4.78, 5) is 47.9. The van der Waals surface area contributed by atoms with E-state index in [0.717, 1.165) is 0 Å². The van der Waals surface area contributed by atoms with E-state index in [1.54, 1.807) is 0 Å². The summed E-state index contributed by atoms with van der Waals surface area (Å²) in [6.07, 6.45) is -2.62. The lowest BCUT2D eigenvalue weighted by atomic mass is 10.1. The summed E-state index contributed by atoms with van der Waals surface area (Å²) in [5.74, 6) is -1.82. The van der Waals surface area contributed by atoms with Crippen LogP contribution in [0.1, 0.15) is 27.0 Å². The van der Waals surface area contributed by atoms with Crippen molar-refractivity contribution in [3.8, 4) is 0 Å². The van der Waals surface area contributed by atoms with Crippen LogP contribution in [0, 0.1) is 4.77 Å². The van der Waals surface area contributed by atoms with Gasteiger partial charge in [0.1, 0.15) is 12.7 Å². The average molecular weight is 386 g/mol. The standard InChI is InChI=1S/C15H18N2O8S/c1-7(18)22-6-10-12(23-8(2)19)13(24-9(3)20)14(25-10)17-5-4-11(21)16-15(17)26/h4-5,10,12-14H,6H2,1-3H3,(H,16,21,26)/t10-,12+,13-,14-/m1/s1. The van der Waals surface area contributed by atoms with E-state index in [0.29, 0.717) is 0 Å². The normalized spacial score (nSPS) is 24.7. The molecule has 10 nitrogen and oxygen atoms in total. The number of nitrogens with zero attached hydrogens (tertiary/aromatic N) is 1. The Morgan fingerprint density at radius 1 is 1.15 bits per heavy atom. The van der Waals surface area contributed by atoms with Gasteiger partial charge in [-0.25, -0.2) is 0 Å². The summed E-state index contributed by atoms with van der Waals surface area (Å²) < 4.78 is 22.6. The number of aromatic nitrogens is 2. The Morgan fingerprint density at radius 2 is 1.77 bits per heavy atom. The number of carbonyl (C=O) groups excluding carboxylic acids is 3. The molecule has 11 heteroatoms. The van der Waals surface area contributed by atoms with Crippen molar-refractivity contribution >= 4 is 30.1 Å². The molecule has 2 rings (SSSR count). The van der Waals surface area contributed by atoms with Gasteiger partial charge in [0, 0.05) is 33.0 Å². The SMILES string of the molecule is CC(=O)OC[C@H]1O[C@@H](n2ccc(=O)[nH]c2=S)[C@H](OC(C)=O)[C@H]1OC(C)=O. The largest absolute Gasteiger partial charge is 0.463 e. The first kappa shape index (κ1) is 19.8. The maximum Gasteiger partial charge on any atom is 0.303 e. The summed E-state index contributed by atoms with van der Waals surface area (Å²) in [5, 5.41) is 0. The second kappa shape index (κ2) is 8.23. The first-order chi connectivity index (χ1) is 12.2. The minimum atomic E-state index is -1.06. The van der Waals surface area contributed by atoms with Crippen molar-refractivity contribution in [2.75, 3.05) is 6.61 Å². The number of hydrogen-bond acceptors (Lipinski definition) is 9. The van der Waals surface area contributed by atoms with Crippen LogP contribution in [0.4, 0.5) is 0 Å². The maximum atomic E-state index is 11.5. The van der Waals surface area contributed by atoms with E-state index in [9.17, 15) is 19.2 Å². The summed E-state index contributed by atoms with van der Waals surface area (Å²) in [5.41, 5.74) is -0.415. The first-order valence-electron chi connectivity index (χ1n) is 7.63. The molecule has 0 aromatic carbocycles. The van der Waals surface area contributed by atoms with Crippen molar-refractivity contribution in [2.45, 2.75) is 45.3 Å². The van der Waals surface area contributed by atoms with E-state index in [1.165, 1.54) is 37.6 Å². The van der Waals surface area contributed by atoms with E-state index in [4.69, 9.17) is 31.2 Å². The van der Waals surface area contributed by atoms with Crippen molar-refractivity contribution in [1.82, 2.24) is 9.55 Å². The quantitative estimate of drug-likeness (QED) is 0.430. The lowest BCUT2D eigenvalue weighted by Crippen LogP contribution is -2.40. The highest BCUT2D eigenvalue weighted by Crippen LogP contribution is 2.34. The molecule has 1 aromatic rings. The van der Waals surface area contributed by atoms with Gasteiger partial charge in [0.05, 0.1) is 0 Å². The average Bonchev–Trinajstić information content (AvgIpc) is 2.82. The van der Waals surface area contributed by atoms with Crippen LogP contribution in [0.25, 0.3) is 0 Å². The van der Waals surface area contributed by atoms with E-state index >= 15 is 0 Å². The highest BCUT2D eigenvalue weighted by molar-refractivity contribution is 7.71. The molecule has 2 heterocycles. The van der Waals surface area contributed by atoms with Crippen LogP contribution >= 0.6 is 12.2 Å². The van der Waals surface area contributed by atoms with Gasteiger partial charge in [-0.1, -0.05) is 0 Å². The van der Waals surface area contributed by atoms with Crippen LogP contribution in [0.5, 0.6) is 0 Å². The van der Waals surface area contributed by atoms with Gasteiger partial charge in [0.15, 0.2) is 23.2 Å². The molecule has 0 unspecified atom stereocenters. The highest BCUT2D eigenvalue weighted by atomic mass is 32.1. The van der Waals surface area contributed by atoms with E-state index in [1.807, 2.05) is 0 Å². The molecule has 0 spiro atoms. The summed E-state index contributed by atoms with van der Waals surface area (Å²) >= 11 is 5.11. The molecule has 1 aliphatic rings. The van der Waals surface area contributed by atoms with E-state index < -0.39 is 48.0 Å². The number of ether oxygens (including phenoxy) is 4. The Morgan fingerprint density at radius 3 is 2.31 bits per heavy atom. The number of esters is 3. The van der Waals surface area contributed by atoms with E-state index in [-0.39, 0.29) is 11.4 Å². The molecule has 142 valence electrons. The van der Waals surface area contributed by atoms with E-state index in [2.05, 4.69) is 4.98 Å². The maximum absolute atomic E-state index is 11.5.